The van der Waals surface area contributed by atoms with Crippen molar-refractivity contribution in [2.24, 2.45) is 0 Å². The van der Waals surface area contributed by atoms with Crippen LogP contribution in [0.15, 0.2) is 36.8 Å². The molecule has 0 radical (unpaired) electrons. The van der Waals surface area contributed by atoms with Gasteiger partial charge in [-0.1, -0.05) is 0 Å². The molecule has 1 N–H and O–H groups in total. The second kappa shape index (κ2) is 7.72. The highest BCUT2D eigenvalue weighted by molar-refractivity contribution is 5.85. The van der Waals surface area contributed by atoms with E-state index >= 15 is 0 Å². The molecule has 1 aliphatic rings. The summed E-state index contributed by atoms with van der Waals surface area (Å²) in [6.45, 7) is 8.36. The van der Waals surface area contributed by atoms with Crippen molar-refractivity contribution in [2.75, 3.05) is 19.6 Å². The number of rotatable bonds is 4. The van der Waals surface area contributed by atoms with Crippen LogP contribution < -0.4 is 5.32 Å². The number of nitrogens with one attached hydrogen (secondary N) is 1. The van der Waals surface area contributed by atoms with E-state index in [1.165, 1.54) is 11.3 Å². The molecule has 0 amide bonds. The molecule has 1 unspecified atom stereocenters. The van der Waals surface area contributed by atoms with Crippen LogP contribution in [0.3, 0.4) is 0 Å². The van der Waals surface area contributed by atoms with Gasteiger partial charge in [-0.3, -0.25) is 14.6 Å². The van der Waals surface area contributed by atoms with E-state index in [0.29, 0.717) is 12.1 Å². The zero-order valence-corrected chi connectivity index (χ0v) is 14.0. The summed E-state index contributed by atoms with van der Waals surface area (Å²) in [6.07, 6.45) is 5.65. The molecule has 0 aliphatic carbocycles. The number of aromatic nitrogens is 3. The van der Waals surface area contributed by atoms with Gasteiger partial charge in [-0.25, -0.2) is 0 Å². The molecule has 0 saturated carbocycles. The molecule has 1 saturated heterocycles. The monoisotopic (exact) mass is 321 g/mol. The average Bonchev–Trinajstić information content (AvgIpc) is 2.97. The summed E-state index contributed by atoms with van der Waals surface area (Å²) in [6, 6.07) is 7.16. The van der Waals surface area contributed by atoms with Crippen LogP contribution in [0.5, 0.6) is 0 Å². The van der Waals surface area contributed by atoms with Gasteiger partial charge in [0.1, 0.15) is 0 Å². The van der Waals surface area contributed by atoms with E-state index in [1.54, 1.807) is 0 Å². The van der Waals surface area contributed by atoms with Crippen LogP contribution in [0, 0.1) is 0 Å². The molecule has 1 atom stereocenters. The molecule has 1 aliphatic heterocycles. The van der Waals surface area contributed by atoms with E-state index in [9.17, 15) is 0 Å². The molecule has 1 fully saturated rings. The maximum Gasteiger partial charge on any atom is 0.0527 e. The van der Waals surface area contributed by atoms with Crippen molar-refractivity contribution in [3.05, 3.63) is 48.0 Å². The van der Waals surface area contributed by atoms with Gasteiger partial charge >= 0.3 is 0 Å². The van der Waals surface area contributed by atoms with Crippen LogP contribution in [0.4, 0.5) is 0 Å². The Morgan fingerprint density at radius 2 is 2.00 bits per heavy atom. The SMILES string of the molecule is CC(C)n1nccc1CN1CCNCC1c1ccncc1.Cl. The molecule has 5 nitrogen and oxygen atoms in total. The van der Waals surface area contributed by atoms with Crippen molar-refractivity contribution >= 4 is 12.4 Å². The summed E-state index contributed by atoms with van der Waals surface area (Å²) in [4.78, 5) is 6.65. The highest BCUT2D eigenvalue weighted by Gasteiger charge is 2.24. The maximum absolute atomic E-state index is 4.44. The van der Waals surface area contributed by atoms with Gasteiger partial charge in [-0.15, -0.1) is 12.4 Å². The maximum atomic E-state index is 4.44. The summed E-state index contributed by atoms with van der Waals surface area (Å²) in [5, 5.41) is 7.94. The predicted octanol–water partition coefficient (Wildman–Crippen LogP) is 2.43. The lowest BCUT2D eigenvalue weighted by atomic mass is 10.0. The van der Waals surface area contributed by atoms with E-state index in [4.69, 9.17) is 0 Å². The first-order valence-corrected chi connectivity index (χ1v) is 7.63. The summed E-state index contributed by atoms with van der Waals surface area (Å²) < 4.78 is 2.12. The van der Waals surface area contributed by atoms with Gasteiger partial charge in [0.2, 0.25) is 0 Å². The minimum absolute atomic E-state index is 0. The number of hydrogen-bond acceptors (Lipinski definition) is 4. The fourth-order valence-electron chi connectivity index (χ4n) is 2.99. The molecule has 2 aromatic heterocycles. The Balaban J connectivity index is 0.00000176. The molecule has 3 heterocycles. The molecule has 6 heteroatoms. The topological polar surface area (TPSA) is 46.0 Å². The Morgan fingerprint density at radius 3 is 2.73 bits per heavy atom. The second-order valence-electron chi connectivity index (χ2n) is 5.83. The Hall–Kier alpha value is -1.43. The summed E-state index contributed by atoms with van der Waals surface area (Å²) in [5.41, 5.74) is 2.61. The Bertz CT molecular complexity index is 569. The predicted molar refractivity (Wildman–Crippen MR) is 90.1 cm³/mol. The zero-order chi connectivity index (χ0) is 14.7. The van der Waals surface area contributed by atoms with Gasteiger partial charge in [-0.2, -0.15) is 5.10 Å². The lowest BCUT2D eigenvalue weighted by molar-refractivity contribution is 0.148. The molecule has 0 aromatic carbocycles. The number of nitrogens with zero attached hydrogens (tertiary/aromatic N) is 4. The van der Waals surface area contributed by atoms with Crippen molar-refractivity contribution in [1.82, 2.24) is 25.0 Å². The number of hydrogen-bond donors (Lipinski definition) is 1. The summed E-state index contributed by atoms with van der Waals surface area (Å²) in [5.74, 6) is 0. The minimum Gasteiger partial charge on any atom is -0.314 e. The highest BCUT2D eigenvalue weighted by Crippen LogP contribution is 2.24. The van der Waals surface area contributed by atoms with Crippen molar-refractivity contribution in [3.8, 4) is 0 Å². The van der Waals surface area contributed by atoms with E-state index < -0.39 is 0 Å². The van der Waals surface area contributed by atoms with Crippen molar-refractivity contribution < 1.29 is 0 Å². The molecule has 22 heavy (non-hydrogen) atoms. The fraction of sp³-hybridized carbons (Fsp3) is 0.500. The molecule has 0 spiro atoms. The first-order chi connectivity index (χ1) is 10.3. The van der Waals surface area contributed by atoms with E-state index in [-0.39, 0.29) is 12.4 Å². The third-order valence-corrected chi connectivity index (χ3v) is 4.05. The van der Waals surface area contributed by atoms with Crippen LogP contribution in [-0.2, 0) is 6.54 Å². The smallest absolute Gasteiger partial charge is 0.0527 e. The van der Waals surface area contributed by atoms with Crippen LogP contribution in [0.25, 0.3) is 0 Å². The third-order valence-electron chi connectivity index (χ3n) is 4.05. The van der Waals surface area contributed by atoms with Crippen LogP contribution in [-0.4, -0.2) is 39.3 Å². The molecular formula is C16H24ClN5. The van der Waals surface area contributed by atoms with Gasteiger partial charge < -0.3 is 5.32 Å². The number of piperazine rings is 1. The van der Waals surface area contributed by atoms with Gasteiger partial charge in [0, 0.05) is 56.9 Å². The van der Waals surface area contributed by atoms with Gasteiger partial charge in [0.15, 0.2) is 0 Å². The molecule has 2 aromatic rings. The second-order valence-corrected chi connectivity index (χ2v) is 5.83. The largest absolute Gasteiger partial charge is 0.314 e. The first kappa shape index (κ1) is 16.9. The Kier molecular flexibility index (Phi) is 5.94. The summed E-state index contributed by atoms with van der Waals surface area (Å²) >= 11 is 0. The molecule has 3 rings (SSSR count). The van der Waals surface area contributed by atoms with Gasteiger partial charge in [0.05, 0.1) is 5.69 Å². The number of pyridine rings is 1. The quantitative estimate of drug-likeness (QED) is 0.939. The average molecular weight is 322 g/mol. The fourth-order valence-corrected chi connectivity index (χ4v) is 2.99. The van der Waals surface area contributed by atoms with Crippen LogP contribution >= 0.6 is 12.4 Å². The van der Waals surface area contributed by atoms with Crippen molar-refractivity contribution in [3.63, 3.8) is 0 Å². The van der Waals surface area contributed by atoms with Crippen LogP contribution in [0.1, 0.15) is 37.2 Å². The Morgan fingerprint density at radius 1 is 1.23 bits per heavy atom. The molecule has 0 bridgehead atoms. The van der Waals surface area contributed by atoms with E-state index in [1.807, 2.05) is 18.6 Å². The number of halogens is 1. The Labute approximate surface area is 138 Å². The lowest BCUT2D eigenvalue weighted by Gasteiger charge is -2.36. The molecule has 120 valence electrons. The van der Waals surface area contributed by atoms with Crippen LogP contribution in [0.2, 0.25) is 0 Å². The first-order valence-electron chi connectivity index (χ1n) is 7.63. The van der Waals surface area contributed by atoms with E-state index in [0.717, 1.165) is 26.2 Å². The lowest BCUT2D eigenvalue weighted by Crippen LogP contribution is -2.45. The normalized spacial score (nSPS) is 19.1. The van der Waals surface area contributed by atoms with Gasteiger partial charge in [-0.05, 0) is 37.6 Å². The minimum atomic E-state index is 0. The van der Waals surface area contributed by atoms with Crippen molar-refractivity contribution in [2.45, 2.75) is 32.5 Å². The van der Waals surface area contributed by atoms with Crippen molar-refractivity contribution in [1.29, 1.82) is 0 Å². The molecular weight excluding hydrogens is 298 g/mol. The zero-order valence-electron chi connectivity index (χ0n) is 13.1. The summed E-state index contributed by atoms with van der Waals surface area (Å²) in [7, 11) is 0. The highest BCUT2D eigenvalue weighted by atomic mass is 35.5. The standard InChI is InChI=1S/C16H23N5.ClH/c1-13(2)21-15(5-8-19-21)12-20-10-9-18-11-16(20)14-3-6-17-7-4-14;/h3-8,13,16,18H,9-12H2,1-2H3;1H. The van der Waals surface area contributed by atoms with E-state index in [2.05, 4.69) is 57.0 Å². The van der Waals surface area contributed by atoms with Gasteiger partial charge in [0.25, 0.3) is 0 Å². The third kappa shape index (κ3) is 3.66.